The first-order chi connectivity index (χ1) is 12.7. The zero-order valence-corrected chi connectivity index (χ0v) is 17.5. The molecule has 0 heterocycles. The summed E-state index contributed by atoms with van der Waals surface area (Å²) in [4.78, 5) is 0. The summed E-state index contributed by atoms with van der Waals surface area (Å²) in [5.74, 6) is 0. The topological polar surface area (TPSA) is 27.7 Å². The molecule has 3 nitrogen and oxygen atoms in total. The molecule has 0 bridgehead atoms. The molecule has 5 heteroatoms. The van der Waals surface area contributed by atoms with E-state index in [1.807, 2.05) is 91.0 Å². The summed E-state index contributed by atoms with van der Waals surface area (Å²) in [5, 5.41) is 0. The van der Waals surface area contributed by atoms with Crippen molar-refractivity contribution < 1.29 is 25.6 Å². The average molecular weight is 449 g/mol. The number of benzene rings is 3. The molecule has 0 fully saturated rings. The molecule has 0 aliphatic carbocycles. The van der Waals surface area contributed by atoms with E-state index in [2.05, 4.69) is 13.2 Å². The standard InChI is InChI=1S/3C7H7O.BrH.Ti/c3*8-6-7-4-2-1-3-5-7;;/h3*1-5H,6H2;1H;/q3*-1;;+4/p-1. The third-order valence-electron chi connectivity index (χ3n) is 3.76. The minimum absolute atomic E-state index is 0.454. The number of hydrogen-bond acceptors (Lipinski definition) is 3. The van der Waals surface area contributed by atoms with Crippen molar-refractivity contribution in [2.24, 2.45) is 0 Å². The summed E-state index contributed by atoms with van der Waals surface area (Å²) < 4.78 is 18.4. The zero-order chi connectivity index (χ0) is 18.1. The molecule has 0 N–H and O–H groups in total. The van der Waals surface area contributed by atoms with Gasteiger partial charge >= 0.3 is 166 Å². The second-order valence-electron chi connectivity index (χ2n) is 5.80. The van der Waals surface area contributed by atoms with Crippen molar-refractivity contribution in [3.63, 3.8) is 0 Å². The van der Waals surface area contributed by atoms with Gasteiger partial charge in [0, 0.05) is 0 Å². The van der Waals surface area contributed by atoms with E-state index < -0.39 is 15.7 Å². The predicted molar refractivity (Wildman–Crippen MR) is 103 cm³/mol. The number of rotatable bonds is 9. The van der Waals surface area contributed by atoms with Crippen LogP contribution in [0.5, 0.6) is 0 Å². The van der Waals surface area contributed by atoms with Gasteiger partial charge in [-0.15, -0.1) is 0 Å². The molecule has 134 valence electrons. The molecule has 0 saturated heterocycles. The molecule has 0 aromatic heterocycles. The van der Waals surface area contributed by atoms with Gasteiger partial charge in [0.05, 0.1) is 0 Å². The fourth-order valence-electron chi connectivity index (χ4n) is 2.36. The van der Waals surface area contributed by atoms with E-state index in [4.69, 9.17) is 9.96 Å². The van der Waals surface area contributed by atoms with Crippen LogP contribution in [0, 0.1) is 0 Å². The SMILES string of the molecule is [Br][Ti]([O]Cc1ccccc1)([O]Cc1ccccc1)[O]Cc1ccccc1. The maximum absolute atomic E-state index is 6.12. The van der Waals surface area contributed by atoms with Gasteiger partial charge < -0.3 is 0 Å². The van der Waals surface area contributed by atoms with E-state index in [0.717, 1.165) is 16.7 Å². The molecule has 3 aromatic carbocycles. The van der Waals surface area contributed by atoms with Crippen molar-refractivity contribution >= 4 is 13.2 Å². The summed E-state index contributed by atoms with van der Waals surface area (Å²) >= 11 is 0.112. The molecule has 26 heavy (non-hydrogen) atoms. The Kier molecular flexibility index (Phi) is 7.62. The van der Waals surface area contributed by atoms with Gasteiger partial charge in [0.1, 0.15) is 0 Å². The Morgan fingerprint density at radius 3 is 1.04 bits per heavy atom. The van der Waals surface area contributed by atoms with E-state index >= 15 is 0 Å². The molecule has 0 radical (unpaired) electrons. The van der Waals surface area contributed by atoms with Gasteiger partial charge in [0.15, 0.2) is 0 Å². The van der Waals surface area contributed by atoms with Gasteiger partial charge in [-0.3, -0.25) is 0 Å². The Morgan fingerprint density at radius 1 is 0.500 bits per heavy atom. The molecule has 0 aliphatic heterocycles. The number of halogens is 1. The van der Waals surface area contributed by atoms with Crippen LogP contribution in [0.4, 0.5) is 0 Å². The van der Waals surface area contributed by atoms with Crippen LogP contribution in [0.15, 0.2) is 91.0 Å². The van der Waals surface area contributed by atoms with Crippen LogP contribution < -0.4 is 0 Å². The molecule has 0 atom stereocenters. The van der Waals surface area contributed by atoms with Crippen molar-refractivity contribution in [2.45, 2.75) is 19.8 Å². The van der Waals surface area contributed by atoms with Crippen molar-refractivity contribution in [3.05, 3.63) is 108 Å². The molecule has 3 aromatic rings. The van der Waals surface area contributed by atoms with Crippen LogP contribution in [-0.4, -0.2) is 0 Å². The fraction of sp³-hybridized carbons (Fsp3) is 0.143. The van der Waals surface area contributed by atoms with Crippen LogP contribution in [0.3, 0.4) is 0 Å². The van der Waals surface area contributed by atoms with E-state index in [-0.39, 0.29) is 0 Å². The van der Waals surface area contributed by atoms with Crippen LogP contribution in [0.2, 0.25) is 0 Å². The quantitative estimate of drug-likeness (QED) is 0.384. The molecule has 3 rings (SSSR count). The molecule has 0 saturated carbocycles. The Balaban J connectivity index is 1.64. The summed E-state index contributed by atoms with van der Waals surface area (Å²) in [6.07, 6.45) is 0. The first-order valence-corrected chi connectivity index (χ1v) is 14.2. The van der Waals surface area contributed by atoms with Crippen LogP contribution in [-0.2, 0) is 45.4 Å². The van der Waals surface area contributed by atoms with Crippen molar-refractivity contribution in [3.8, 4) is 0 Å². The van der Waals surface area contributed by atoms with Crippen LogP contribution in [0.25, 0.3) is 0 Å². The molecule has 0 unspecified atom stereocenters. The van der Waals surface area contributed by atoms with Gasteiger partial charge in [-0.1, -0.05) is 0 Å². The van der Waals surface area contributed by atoms with Crippen molar-refractivity contribution in [1.82, 2.24) is 0 Å². The van der Waals surface area contributed by atoms with Crippen molar-refractivity contribution in [1.29, 1.82) is 0 Å². The number of hydrogen-bond donors (Lipinski definition) is 0. The first-order valence-electron chi connectivity index (χ1n) is 8.46. The van der Waals surface area contributed by atoms with Gasteiger partial charge in [0.25, 0.3) is 0 Å². The summed E-state index contributed by atoms with van der Waals surface area (Å²) in [5.41, 5.74) is 3.27. The van der Waals surface area contributed by atoms with E-state index in [1.165, 1.54) is 0 Å². The van der Waals surface area contributed by atoms with E-state index in [0.29, 0.717) is 19.8 Å². The average Bonchev–Trinajstić information content (AvgIpc) is 2.72. The zero-order valence-electron chi connectivity index (χ0n) is 14.4. The molecular weight excluding hydrogens is 428 g/mol. The van der Waals surface area contributed by atoms with E-state index in [9.17, 15) is 0 Å². The summed E-state index contributed by atoms with van der Waals surface area (Å²) in [6, 6.07) is 30.1. The van der Waals surface area contributed by atoms with Crippen LogP contribution in [0.1, 0.15) is 16.7 Å². The van der Waals surface area contributed by atoms with Crippen molar-refractivity contribution in [2.75, 3.05) is 0 Å². The summed E-state index contributed by atoms with van der Waals surface area (Å²) in [6.45, 7) is 1.36. The second kappa shape index (κ2) is 10.2. The monoisotopic (exact) mass is 448 g/mol. The van der Waals surface area contributed by atoms with Gasteiger partial charge in [-0.05, 0) is 0 Å². The van der Waals surface area contributed by atoms with E-state index in [1.54, 1.807) is 0 Å². The second-order valence-corrected chi connectivity index (χ2v) is 12.7. The van der Waals surface area contributed by atoms with Gasteiger partial charge in [0.2, 0.25) is 0 Å². The normalized spacial score (nSPS) is 11.4. The third-order valence-corrected chi connectivity index (χ3v) is 8.89. The molecule has 0 aliphatic rings. The molecular formula is C21H21BrO3Ti. The Morgan fingerprint density at radius 2 is 0.769 bits per heavy atom. The maximum atomic E-state index is 6.12. The van der Waals surface area contributed by atoms with Gasteiger partial charge in [-0.25, -0.2) is 0 Å². The summed E-state index contributed by atoms with van der Waals surface area (Å²) in [7, 11) is 0. The first kappa shape index (κ1) is 19.5. The molecule has 0 spiro atoms. The van der Waals surface area contributed by atoms with Gasteiger partial charge in [-0.2, -0.15) is 0 Å². The van der Waals surface area contributed by atoms with Crippen LogP contribution >= 0.6 is 13.2 Å². The minimum atomic E-state index is -3.57. The Hall–Kier alpha value is -1.27. The predicted octanol–water partition coefficient (Wildman–Crippen LogP) is 5.85. The Bertz CT molecular complexity index is 663. The Labute approximate surface area is 165 Å². The fourth-order valence-corrected chi connectivity index (χ4v) is 5.75. The third kappa shape index (κ3) is 6.47. The molecule has 0 amide bonds.